The van der Waals surface area contributed by atoms with Crippen molar-refractivity contribution in [1.29, 1.82) is 0 Å². The predicted molar refractivity (Wildman–Crippen MR) is 153 cm³/mol. The highest BCUT2D eigenvalue weighted by Crippen LogP contribution is 2.35. The topological polar surface area (TPSA) is 95.2 Å². The van der Waals surface area contributed by atoms with Crippen LogP contribution in [0.2, 0.25) is 0 Å². The number of benzene rings is 1. The number of aromatic amines is 2. The molecule has 0 aliphatic rings. The van der Waals surface area contributed by atoms with Gasteiger partial charge in [-0.3, -0.25) is 15.1 Å². The third kappa shape index (κ3) is 4.26. The van der Waals surface area contributed by atoms with Gasteiger partial charge in [-0.25, -0.2) is 4.98 Å². The fraction of sp³-hybridized carbons (Fsp3) is 0.0667. The van der Waals surface area contributed by atoms with Crippen molar-refractivity contribution in [2.45, 2.75) is 13.1 Å². The van der Waals surface area contributed by atoms with Gasteiger partial charge < -0.3 is 10.3 Å². The van der Waals surface area contributed by atoms with E-state index < -0.39 is 0 Å². The largest absolute Gasteiger partial charge is 0.353 e. The fourth-order valence-corrected chi connectivity index (χ4v) is 5.49. The van der Waals surface area contributed by atoms with Crippen molar-refractivity contribution < 1.29 is 0 Å². The maximum Gasteiger partial charge on any atom is 0.181 e. The van der Waals surface area contributed by atoms with Gasteiger partial charge in [-0.05, 0) is 46.8 Å². The molecule has 3 N–H and O–H groups in total. The lowest BCUT2D eigenvalue weighted by Crippen LogP contribution is -2.12. The molecule has 0 unspecified atom stereocenters. The summed E-state index contributed by atoms with van der Waals surface area (Å²) in [6.45, 7) is 1.54. The van der Waals surface area contributed by atoms with Gasteiger partial charge in [0.25, 0.3) is 0 Å². The Bertz CT molecular complexity index is 1850. The molecule has 0 aliphatic carbocycles. The van der Waals surface area contributed by atoms with Crippen LogP contribution in [0.25, 0.3) is 55.0 Å². The van der Waals surface area contributed by atoms with Gasteiger partial charge in [0, 0.05) is 65.3 Å². The molecule has 0 bridgehead atoms. The smallest absolute Gasteiger partial charge is 0.181 e. The van der Waals surface area contributed by atoms with E-state index in [1.165, 1.54) is 5.56 Å². The third-order valence-corrected chi connectivity index (χ3v) is 7.49. The summed E-state index contributed by atoms with van der Waals surface area (Å²) in [6.07, 6.45) is 7.48. The van der Waals surface area contributed by atoms with Crippen LogP contribution in [0.5, 0.6) is 0 Å². The van der Waals surface area contributed by atoms with Gasteiger partial charge >= 0.3 is 0 Å². The number of pyridine rings is 3. The maximum absolute atomic E-state index is 4.65. The summed E-state index contributed by atoms with van der Waals surface area (Å²) in [5.41, 5.74) is 8.93. The molecule has 0 radical (unpaired) electrons. The molecular weight excluding hydrogens is 490 g/mol. The Labute approximate surface area is 222 Å². The minimum absolute atomic E-state index is 0.674. The van der Waals surface area contributed by atoms with Crippen LogP contribution < -0.4 is 5.32 Å². The Morgan fingerprint density at radius 3 is 2.58 bits per heavy atom. The zero-order valence-electron chi connectivity index (χ0n) is 20.3. The molecule has 0 spiro atoms. The first-order valence-corrected chi connectivity index (χ1v) is 13.2. The second-order valence-corrected chi connectivity index (χ2v) is 10.1. The molecule has 6 heterocycles. The number of hydrogen-bond donors (Lipinski definition) is 3. The number of nitrogens with one attached hydrogen (secondary N) is 3. The van der Waals surface area contributed by atoms with E-state index in [-0.39, 0.29) is 0 Å². The molecule has 8 heteroatoms. The number of aromatic nitrogens is 6. The van der Waals surface area contributed by atoms with Crippen molar-refractivity contribution in [3.63, 3.8) is 0 Å². The molecule has 7 rings (SSSR count). The van der Waals surface area contributed by atoms with Crippen molar-refractivity contribution in [3.8, 4) is 33.1 Å². The Morgan fingerprint density at radius 1 is 0.789 bits per heavy atom. The Balaban J connectivity index is 1.20. The second kappa shape index (κ2) is 9.66. The lowest BCUT2D eigenvalue weighted by atomic mass is 10.1. The molecule has 38 heavy (non-hydrogen) atoms. The van der Waals surface area contributed by atoms with Crippen LogP contribution in [0.4, 0.5) is 0 Å². The van der Waals surface area contributed by atoms with Crippen LogP contribution in [-0.2, 0) is 13.1 Å². The van der Waals surface area contributed by atoms with Gasteiger partial charge in [-0.1, -0.05) is 36.4 Å². The average Bonchev–Trinajstić information content (AvgIpc) is 3.73. The van der Waals surface area contributed by atoms with E-state index in [2.05, 4.69) is 89.4 Å². The normalized spacial score (nSPS) is 11.5. The molecule has 0 fully saturated rings. The summed E-state index contributed by atoms with van der Waals surface area (Å²) in [7, 11) is 0. The van der Waals surface area contributed by atoms with Crippen LogP contribution in [0, 0.1) is 0 Å². The molecule has 6 aromatic heterocycles. The SMILES string of the molecule is c1ccc(CNCc2cncc(-c3cnc4n[nH]c(-c5cc6c(-c7cccs7)nccc6[nH]5)c4c3)c2)cc1. The number of H-pyrrole nitrogens is 2. The quantitative estimate of drug-likeness (QED) is 0.224. The number of nitrogens with zero attached hydrogens (tertiary/aromatic N) is 4. The Morgan fingerprint density at radius 2 is 1.68 bits per heavy atom. The number of fused-ring (bicyclic) bond motifs is 2. The van der Waals surface area contributed by atoms with E-state index in [9.17, 15) is 0 Å². The van der Waals surface area contributed by atoms with Gasteiger partial charge in [0.15, 0.2) is 5.65 Å². The van der Waals surface area contributed by atoms with Crippen LogP contribution >= 0.6 is 11.3 Å². The summed E-state index contributed by atoms with van der Waals surface area (Å²) in [4.78, 5) is 18.5. The van der Waals surface area contributed by atoms with Gasteiger partial charge in [0.1, 0.15) is 0 Å². The van der Waals surface area contributed by atoms with E-state index in [1.807, 2.05) is 43.0 Å². The highest BCUT2D eigenvalue weighted by Gasteiger charge is 2.15. The highest BCUT2D eigenvalue weighted by molar-refractivity contribution is 7.13. The zero-order chi connectivity index (χ0) is 25.3. The molecule has 0 aliphatic heterocycles. The van der Waals surface area contributed by atoms with Crippen LogP contribution in [0.3, 0.4) is 0 Å². The average molecular weight is 514 g/mol. The first-order valence-electron chi connectivity index (χ1n) is 12.4. The summed E-state index contributed by atoms with van der Waals surface area (Å²) in [6, 6.07) is 23.0. The molecular formula is C30H23N7S. The van der Waals surface area contributed by atoms with E-state index in [0.717, 1.165) is 68.0 Å². The molecule has 184 valence electrons. The van der Waals surface area contributed by atoms with Crippen LogP contribution in [0.15, 0.2) is 96.9 Å². The van der Waals surface area contributed by atoms with E-state index >= 15 is 0 Å². The molecule has 0 amide bonds. The molecule has 0 atom stereocenters. The first-order chi connectivity index (χ1) is 18.8. The lowest BCUT2D eigenvalue weighted by molar-refractivity contribution is 0.691. The first kappa shape index (κ1) is 22.5. The van der Waals surface area contributed by atoms with E-state index in [4.69, 9.17) is 0 Å². The molecule has 0 saturated heterocycles. The zero-order valence-corrected chi connectivity index (χ0v) is 21.2. The Hall–Kier alpha value is -4.66. The van der Waals surface area contributed by atoms with Gasteiger partial charge in [-0.15, -0.1) is 11.3 Å². The van der Waals surface area contributed by atoms with Crippen LogP contribution in [-0.4, -0.2) is 30.1 Å². The summed E-state index contributed by atoms with van der Waals surface area (Å²) < 4.78 is 0. The number of thiophene rings is 1. The van der Waals surface area contributed by atoms with Gasteiger partial charge in [0.05, 0.1) is 22.0 Å². The number of rotatable bonds is 7. The monoisotopic (exact) mass is 513 g/mol. The minimum atomic E-state index is 0.674. The maximum atomic E-state index is 4.65. The van der Waals surface area contributed by atoms with Crippen molar-refractivity contribution in [1.82, 2.24) is 35.5 Å². The summed E-state index contributed by atoms with van der Waals surface area (Å²) >= 11 is 1.69. The highest BCUT2D eigenvalue weighted by atomic mass is 32.1. The van der Waals surface area contributed by atoms with Crippen LogP contribution in [0.1, 0.15) is 11.1 Å². The summed E-state index contributed by atoms with van der Waals surface area (Å²) in [5, 5.41) is 15.3. The standard InChI is InChI=1S/C30H23N7S/c1-2-5-19(6-3-1)14-31-15-20-11-21(17-32-16-20)22-12-24-28(36-37-30(24)34-18-22)26-13-23-25(35-26)8-9-33-29(23)27-7-4-10-38-27/h1-13,16-18,31,35H,14-15H2,(H,34,36,37). The van der Waals surface area contributed by atoms with E-state index in [1.54, 1.807) is 11.3 Å². The Kier molecular flexibility index (Phi) is 5.73. The second-order valence-electron chi connectivity index (χ2n) is 9.15. The van der Waals surface area contributed by atoms with Crippen molar-refractivity contribution >= 4 is 33.3 Å². The molecule has 7 aromatic rings. The van der Waals surface area contributed by atoms with Gasteiger partial charge in [-0.2, -0.15) is 5.10 Å². The van der Waals surface area contributed by atoms with Crippen molar-refractivity contribution in [2.75, 3.05) is 0 Å². The molecule has 1 aromatic carbocycles. The molecule has 7 nitrogen and oxygen atoms in total. The molecule has 0 saturated carbocycles. The summed E-state index contributed by atoms with van der Waals surface area (Å²) in [5.74, 6) is 0. The lowest BCUT2D eigenvalue weighted by Gasteiger charge is -2.07. The van der Waals surface area contributed by atoms with E-state index in [0.29, 0.717) is 5.65 Å². The van der Waals surface area contributed by atoms with Crippen molar-refractivity contribution in [2.24, 2.45) is 0 Å². The predicted octanol–water partition coefficient (Wildman–Crippen LogP) is 6.58. The van der Waals surface area contributed by atoms with Crippen molar-refractivity contribution in [3.05, 3.63) is 108 Å². The van der Waals surface area contributed by atoms with Gasteiger partial charge in [0.2, 0.25) is 0 Å². The third-order valence-electron chi connectivity index (χ3n) is 6.61. The number of hydrogen-bond acceptors (Lipinski definition) is 6. The minimum Gasteiger partial charge on any atom is -0.353 e. The fourth-order valence-electron chi connectivity index (χ4n) is 4.75.